The fraction of sp³-hybridized carbons (Fsp3) is 1.00. The largest absolute Gasteiger partial charge is 0.383 e. The van der Waals surface area contributed by atoms with Crippen LogP contribution >= 0.6 is 0 Å². The van der Waals surface area contributed by atoms with E-state index in [-0.39, 0.29) is 0 Å². The number of hydrogen-bond acceptors (Lipinski definition) is 3. The fourth-order valence-corrected chi connectivity index (χ4v) is 3.83. The zero-order valence-electron chi connectivity index (χ0n) is 12.9. The van der Waals surface area contributed by atoms with Gasteiger partial charge in [-0.1, -0.05) is 19.3 Å². The lowest BCUT2D eigenvalue weighted by molar-refractivity contribution is 0.0674. The lowest BCUT2D eigenvalue weighted by atomic mass is 9.68. The van der Waals surface area contributed by atoms with Crippen LogP contribution in [0, 0.1) is 5.41 Å². The standard InChI is InChI=1S/C16H32N2O/c1-15(14-19-2)17-10-13-18-11-8-16(9-12-18)6-4-3-5-7-16/h15,17H,3-14H2,1-2H3. The van der Waals surface area contributed by atoms with Crippen molar-refractivity contribution >= 4 is 0 Å². The molecule has 0 aromatic heterocycles. The predicted molar refractivity (Wildman–Crippen MR) is 80.5 cm³/mol. The molecule has 1 atom stereocenters. The average molecular weight is 268 g/mol. The molecule has 0 aromatic rings. The summed E-state index contributed by atoms with van der Waals surface area (Å²) in [5, 5.41) is 3.54. The van der Waals surface area contributed by atoms with Crippen molar-refractivity contribution in [1.82, 2.24) is 10.2 Å². The minimum absolute atomic E-state index is 0.472. The Bertz CT molecular complexity index is 241. The van der Waals surface area contributed by atoms with Crippen molar-refractivity contribution in [1.29, 1.82) is 0 Å². The molecule has 0 radical (unpaired) electrons. The van der Waals surface area contributed by atoms with E-state index in [4.69, 9.17) is 4.74 Å². The molecule has 1 saturated carbocycles. The molecular weight excluding hydrogens is 236 g/mol. The van der Waals surface area contributed by atoms with Crippen LogP contribution in [0.15, 0.2) is 0 Å². The summed E-state index contributed by atoms with van der Waals surface area (Å²) in [6.07, 6.45) is 10.3. The Morgan fingerprint density at radius 1 is 1.11 bits per heavy atom. The van der Waals surface area contributed by atoms with Crippen LogP contribution in [0.1, 0.15) is 51.9 Å². The van der Waals surface area contributed by atoms with Crippen molar-refractivity contribution in [3.63, 3.8) is 0 Å². The molecule has 0 bridgehead atoms. The molecule has 19 heavy (non-hydrogen) atoms. The number of nitrogens with zero attached hydrogens (tertiary/aromatic N) is 1. The van der Waals surface area contributed by atoms with E-state index in [0.717, 1.165) is 18.6 Å². The van der Waals surface area contributed by atoms with Gasteiger partial charge in [-0.25, -0.2) is 0 Å². The average Bonchev–Trinajstić information content (AvgIpc) is 2.43. The van der Waals surface area contributed by atoms with Gasteiger partial charge in [-0.15, -0.1) is 0 Å². The Labute approximate surface area is 119 Å². The Morgan fingerprint density at radius 3 is 2.42 bits per heavy atom. The van der Waals surface area contributed by atoms with Crippen LogP contribution in [-0.4, -0.2) is 50.8 Å². The molecule has 0 amide bonds. The van der Waals surface area contributed by atoms with Gasteiger partial charge in [0.25, 0.3) is 0 Å². The van der Waals surface area contributed by atoms with Gasteiger partial charge in [0.15, 0.2) is 0 Å². The summed E-state index contributed by atoms with van der Waals surface area (Å²) in [7, 11) is 1.77. The Hall–Kier alpha value is -0.120. The topological polar surface area (TPSA) is 24.5 Å². The van der Waals surface area contributed by atoms with Crippen LogP contribution in [0.5, 0.6) is 0 Å². The molecule has 0 aromatic carbocycles. The number of hydrogen-bond donors (Lipinski definition) is 1. The molecule has 1 saturated heterocycles. The number of methoxy groups -OCH3 is 1. The predicted octanol–water partition coefficient (Wildman–Crippen LogP) is 2.66. The van der Waals surface area contributed by atoms with Gasteiger partial charge in [-0.2, -0.15) is 0 Å². The first-order valence-electron chi connectivity index (χ1n) is 8.19. The van der Waals surface area contributed by atoms with Crippen molar-refractivity contribution < 1.29 is 4.74 Å². The van der Waals surface area contributed by atoms with E-state index in [9.17, 15) is 0 Å². The first-order valence-corrected chi connectivity index (χ1v) is 8.19. The summed E-state index contributed by atoms with van der Waals surface area (Å²) in [6, 6.07) is 0.472. The van der Waals surface area contributed by atoms with Crippen molar-refractivity contribution in [2.75, 3.05) is 39.9 Å². The summed E-state index contributed by atoms with van der Waals surface area (Å²) >= 11 is 0. The lowest BCUT2D eigenvalue weighted by Crippen LogP contribution is -2.44. The van der Waals surface area contributed by atoms with Gasteiger partial charge in [-0.3, -0.25) is 0 Å². The first-order chi connectivity index (χ1) is 9.24. The Balaban J connectivity index is 1.60. The molecule has 1 N–H and O–H groups in total. The zero-order valence-corrected chi connectivity index (χ0v) is 12.9. The Kier molecular flexibility index (Phi) is 6.11. The van der Waals surface area contributed by atoms with Crippen LogP contribution in [0.25, 0.3) is 0 Å². The summed E-state index contributed by atoms with van der Waals surface area (Å²) in [6.45, 7) is 7.93. The summed E-state index contributed by atoms with van der Waals surface area (Å²) in [5.74, 6) is 0. The third-order valence-corrected chi connectivity index (χ3v) is 5.17. The smallest absolute Gasteiger partial charge is 0.0613 e. The summed E-state index contributed by atoms with van der Waals surface area (Å²) in [5.41, 5.74) is 0.742. The third kappa shape index (κ3) is 4.73. The van der Waals surface area contributed by atoms with Crippen LogP contribution in [0.3, 0.4) is 0 Å². The van der Waals surface area contributed by atoms with Crippen LogP contribution in [0.2, 0.25) is 0 Å². The number of piperidine rings is 1. The van der Waals surface area contributed by atoms with E-state index < -0.39 is 0 Å². The van der Waals surface area contributed by atoms with E-state index in [1.807, 2.05) is 0 Å². The summed E-state index contributed by atoms with van der Waals surface area (Å²) in [4.78, 5) is 2.65. The molecule has 1 aliphatic heterocycles. The number of nitrogens with one attached hydrogen (secondary N) is 1. The number of likely N-dealkylation sites (tertiary alicyclic amines) is 1. The molecule has 2 rings (SSSR count). The highest BCUT2D eigenvalue weighted by Gasteiger charge is 2.35. The van der Waals surface area contributed by atoms with Crippen molar-refractivity contribution in [3.8, 4) is 0 Å². The van der Waals surface area contributed by atoms with Crippen LogP contribution < -0.4 is 5.32 Å². The molecule has 112 valence electrons. The van der Waals surface area contributed by atoms with E-state index in [0.29, 0.717) is 6.04 Å². The van der Waals surface area contributed by atoms with E-state index in [1.54, 1.807) is 7.11 Å². The molecular formula is C16H32N2O. The van der Waals surface area contributed by atoms with Gasteiger partial charge in [0.2, 0.25) is 0 Å². The second-order valence-electron chi connectivity index (χ2n) is 6.71. The molecule has 3 nitrogen and oxygen atoms in total. The SMILES string of the molecule is COCC(C)NCCN1CCC2(CCCCC2)CC1. The van der Waals surface area contributed by atoms with E-state index >= 15 is 0 Å². The number of rotatable bonds is 6. The molecule has 1 unspecified atom stereocenters. The van der Waals surface area contributed by atoms with Gasteiger partial charge in [0.05, 0.1) is 6.61 Å². The maximum Gasteiger partial charge on any atom is 0.0613 e. The highest BCUT2D eigenvalue weighted by molar-refractivity contribution is 4.88. The van der Waals surface area contributed by atoms with Crippen LogP contribution in [0.4, 0.5) is 0 Å². The van der Waals surface area contributed by atoms with Gasteiger partial charge in [0, 0.05) is 26.2 Å². The molecule has 3 heteroatoms. The third-order valence-electron chi connectivity index (χ3n) is 5.17. The normalized spacial score (nSPS) is 25.6. The maximum atomic E-state index is 5.15. The highest BCUT2D eigenvalue weighted by Crippen LogP contribution is 2.44. The minimum atomic E-state index is 0.472. The van der Waals surface area contributed by atoms with Gasteiger partial charge >= 0.3 is 0 Å². The van der Waals surface area contributed by atoms with Gasteiger partial charge < -0.3 is 15.0 Å². The first kappa shape index (κ1) is 15.3. The minimum Gasteiger partial charge on any atom is -0.383 e. The molecule has 2 aliphatic rings. The molecule has 1 aliphatic carbocycles. The van der Waals surface area contributed by atoms with Gasteiger partial charge in [0.1, 0.15) is 0 Å². The maximum absolute atomic E-state index is 5.15. The monoisotopic (exact) mass is 268 g/mol. The second-order valence-corrected chi connectivity index (χ2v) is 6.71. The van der Waals surface area contributed by atoms with Crippen molar-refractivity contribution in [3.05, 3.63) is 0 Å². The van der Waals surface area contributed by atoms with Crippen molar-refractivity contribution in [2.24, 2.45) is 5.41 Å². The second kappa shape index (κ2) is 7.61. The van der Waals surface area contributed by atoms with Crippen LogP contribution in [-0.2, 0) is 4.74 Å². The fourth-order valence-electron chi connectivity index (χ4n) is 3.83. The zero-order chi connectivity index (χ0) is 13.6. The molecule has 1 heterocycles. The quantitative estimate of drug-likeness (QED) is 0.801. The van der Waals surface area contributed by atoms with Crippen molar-refractivity contribution in [2.45, 2.75) is 57.9 Å². The Morgan fingerprint density at radius 2 is 1.79 bits per heavy atom. The van der Waals surface area contributed by atoms with E-state index in [2.05, 4.69) is 17.1 Å². The van der Waals surface area contributed by atoms with Gasteiger partial charge in [-0.05, 0) is 51.1 Å². The summed E-state index contributed by atoms with van der Waals surface area (Å²) < 4.78 is 5.15. The highest BCUT2D eigenvalue weighted by atomic mass is 16.5. The van der Waals surface area contributed by atoms with E-state index in [1.165, 1.54) is 64.6 Å². The molecule has 2 fully saturated rings. The number of ether oxygens (including phenoxy) is 1. The molecule has 1 spiro atoms. The lowest BCUT2D eigenvalue weighted by Gasteiger charge is -2.44.